The third-order valence-electron chi connectivity index (χ3n) is 6.17. The number of carbonyl (C=O) groups excluding carboxylic acids is 1. The molecule has 3 aromatic rings. The maximum atomic E-state index is 12.9. The van der Waals surface area contributed by atoms with Crippen molar-refractivity contribution in [2.24, 2.45) is 11.3 Å². The van der Waals surface area contributed by atoms with Crippen LogP contribution in [0.2, 0.25) is 5.02 Å². The van der Waals surface area contributed by atoms with E-state index in [1.807, 2.05) is 18.2 Å². The Morgan fingerprint density at radius 3 is 2.66 bits per heavy atom. The first-order chi connectivity index (χ1) is 15.2. The second-order valence-electron chi connectivity index (χ2n) is 9.17. The van der Waals surface area contributed by atoms with Crippen LogP contribution in [0.1, 0.15) is 53.6 Å². The van der Waals surface area contributed by atoms with Crippen LogP contribution in [0.3, 0.4) is 0 Å². The molecule has 0 bridgehead atoms. The average Bonchev–Trinajstić information content (AvgIpc) is 3.08. The lowest BCUT2D eigenvalue weighted by molar-refractivity contribution is 0.0979. The van der Waals surface area contributed by atoms with Crippen molar-refractivity contribution < 1.29 is 4.79 Å². The van der Waals surface area contributed by atoms with Crippen LogP contribution in [0, 0.1) is 22.7 Å². The van der Waals surface area contributed by atoms with Crippen molar-refractivity contribution in [1.82, 2.24) is 5.32 Å². The number of nitrogens with zero attached hydrogens (tertiary/aromatic N) is 1. The van der Waals surface area contributed by atoms with Crippen molar-refractivity contribution in [3.63, 3.8) is 0 Å². The molecule has 0 fully saturated rings. The average molecular weight is 482 g/mol. The fourth-order valence-corrected chi connectivity index (χ4v) is 6.09. The zero-order valence-corrected chi connectivity index (χ0v) is 20.6. The van der Waals surface area contributed by atoms with Crippen molar-refractivity contribution in [2.75, 3.05) is 5.32 Å². The molecule has 2 aromatic carbocycles. The molecule has 0 spiro atoms. The minimum absolute atomic E-state index is 0.177. The molecule has 32 heavy (non-hydrogen) atoms. The lowest BCUT2D eigenvalue weighted by Gasteiger charge is -2.33. The van der Waals surface area contributed by atoms with Crippen LogP contribution in [0.4, 0.5) is 5.00 Å². The Labute approximate surface area is 202 Å². The first-order valence-electron chi connectivity index (χ1n) is 10.5. The number of thiophene rings is 1. The van der Waals surface area contributed by atoms with Gasteiger partial charge in [0.15, 0.2) is 5.11 Å². The van der Waals surface area contributed by atoms with E-state index in [9.17, 15) is 10.1 Å². The summed E-state index contributed by atoms with van der Waals surface area (Å²) in [7, 11) is 0. The van der Waals surface area contributed by atoms with Crippen LogP contribution in [0.25, 0.3) is 10.8 Å². The number of nitrogens with one attached hydrogen (secondary N) is 2. The van der Waals surface area contributed by atoms with E-state index in [4.69, 9.17) is 23.8 Å². The van der Waals surface area contributed by atoms with Crippen LogP contribution >= 0.6 is 35.2 Å². The molecule has 0 radical (unpaired) electrons. The first-order valence-corrected chi connectivity index (χ1v) is 12.1. The van der Waals surface area contributed by atoms with E-state index in [-0.39, 0.29) is 16.4 Å². The van der Waals surface area contributed by atoms with E-state index in [1.54, 1.807) is 29.5 Å². The molecule has 1 amide bonds. The van der Waals surface area contributed by atoms with E-state index in [0.29, 0.717) is 27.1 Å². The van der Waals surface area contributed by atoms with Gasteiger partial charge in [0.05, 0.1) is 5.56 Å². The Hall–Kier alpha value is -2.46. The summed E-state index contributed by atoms with van der Waals surface area (Å²) in [6, 6.07) is 13.2. The molecule has 2 N–H and O–H groups in total. The van der Waals surface area contributed by atoms with Gasteiger partial charge in [-0.15, -0.1) is 11.3 Å². The molecular weight excluding hydrogens is 458 g/mol. The number of anilines is 1. The summed E-state index contributed by atoms with van der Waals surface area (Å²) in [6.07, 6.45) is 2.94. The highest BCUT2D eigenvalue weighted by Crippen LogP contribution is 2.44. The number of amides is 1. The quantitative estimate of drug-likeness (QED) is 0.399. The van der Waals surface area contributed by atoms with Crippen molar-refractivity contribution in [2.45, 2.75) is 40.0 Å². The summed E-state index contributed by atoms with van der Waals surface area (Å²) in [4.78, 5) is 14.2. The number of halogens is 1. The molecule has 1 aliphatic rings. The summed E-state index contributed by atoms with van der Waals surface area (Å²) >= 11 is 13.3. The molecule has 0 aliphatic heterocycles. The maximum absolute atomic E-state index is 12.9. The van der Waals surface area contributed by atoms with Gasteiger partial charge in [-0.25, -0.2) is 0 Å². The van der Waals surface area contributed by atoms with Gasteiger partial charge in [-0.1, -0.05) is 56.6 Å². The third-order valence-corrected chi connectivity index (χ3v) is 7.87. The molecule has 164 valence electrons. The van der Waals surface area contributed by atoms with Crippen LogP contribution in [0.15, 0.2) is 36.4 Å². The fraction of sp³-hybridized carbons (Fsp3) is 0.320. The first kappa shape index (κ1) is 22.7. The van der Waals surface area contributed by atoms with E-state index < -0.39 is 0 Å². The monoisotopic (exact) mass is 481 g/mol. The van der Waals surface area contributed by atoms with Crippen molar-refractivity contribution in [3.8, 4) is 6.07 Å². The predicted octanol–water partition coefficient (Wildman–Crippen LogP) is 6.70. The van der Waals surface area contributed by atoms with E-state index in [2.05, 4.69) is 37.5 Å². The molecule has 0 unspecified atom stereocenters. The minimum atomic E-state index is -0.317. The van der Waals surface area contributed by atoms with Crippen LogP contribution in [-0.4, -0.2) is 11.0 Å². The molecule has 0 saturated carbocycles. The fourth-order valence-electron chi connectivity index (χ4n) is 4.31. The molecule has 1 atom stereocenters. The van der Waals surface area contributed by atoms with Gasteiger partial charge in [-0.2, -0.15) is 5.26 Å². The van der Waals surface area contributed by atoms with E-state index in [1.165, 1.54) is 4.88 Å². The summed E-state index contributed by atoms with van der Waals surface area (Å²) in [5.41, 5.74) is 2.49. The molecule has 1 heterocycles. The molecule has 4 rings (SSSR count). The van der Waals surface area contributed by atoms with Gasteiger partial charge < -0.3 is 5.32 Å². The number of nitriles is 1. The highest BCUT2D eigenvalue weighted by molar-refractivity contribution is 7.80. The zero-order valence-electron chi connectivity index (χ0n) is 18.2. The molecule has 1 aliphatic carbocycles. The smallest absolute Gasteiger partial charge is 0.258 e. The lowest BCUT2D eigenvalue weighted by Crippen LogP contribution is -2.34. The van der Waals surface area contributed by atoms with Gasteiger partial charge >= 0.3 is 0 Å². The number of hydrogen-bond acceptors (Lipinski definition) is 4. The molecule has 0 saturated heterocycles. The Kier molecular flexibility index (Phi) is 6.26. The topological polar surface area (TPSA) is 64.9 Å². The normalized spacial score (nSPS) is 15.7. The van der Waals surface area contributed by atoms with Crippen LogP contribution < -0.4 is 10.6 Å². The van der Waals surface area contributed by atoms with Crippen molar-refractivity contribution in [1.29, 1.82) is 5.26 Å². The van der Waals surface area contributed by atoms with Gasteiger partial charge in [0, 0.05) is 20.8 Å². The lowest BCUT2D eigenvalue weighted by atomic mass is 9.72. The summed E-state index contributed by atoms with van der Waals surface area (Å²) in [5.74, 6) is 0.265. The molecule has 7 heteroatoms. The van der Waals surface area contributed by atoms with Gasteiger partial charge in [0.1, 0.15) is 11.1 Å². The SMILES string of the molecule is CC(C)(C)[C@H]1CCc2c(sc(NC(=S)NC(=O)c3cccc4c(Cl)cccc34)c2C#N)C1. The Morgan fingerprint density at radius 2 is 1.94 bits per heavy atom. The van der Waals surface area contributed by atoms with Gasteiger partial charge in [0.25, 0.3) is 5.91 Å². The number of carbonyl (C=O) groups is 1. The summed E-state index contributed by atoms with van der Waals surface area (Å²) < 4.78 is 0. The Balaban J connectivity index is 1.53. The standard InChI is InChI=1S/C25H24ClN3OS2/c1-25(2,3)14-10-11-17-19(13-27)23(32-21(17)12-14)29-24(31)28-22(30)18-8-4-7-16-15(18)6-5-9-20(16)26/h4-9,14H,10-12H2,1-3H3,(H2,28,29,30,31)/t14-/m0/s1. The van der Waals surface area contributed by atoms with Gasteiger partial charge in [-0.3, -0.25) is 10.1 Å². The molecule has 4 nitrogen and oxygen atoms in total. The summed E-state index contributed by atoms with van der Waals surface area (Å²) in [5, 5.41) is 18.7. The second kappa shape index (κ2) is 8.82. The summed E-state index contributed by atoms with van der Waals surface area (Å²) in [6.45, 7) is 6.81. The number of fused-ring (bicyclic) bond motifs is 2. The van der Waals surface area contributed by atoms with Gasteiger partial charge in [-0.05, 0) is 65.9 Å². The predicted molar refractivity (Wildman–Crippen MR) is 137 cm³/mol. The van der Waals surface area contributed by atoms with Crippen LogP contribution in [-0.2, 0) is 12.8 Å². The highest BCUT2D eigenvalue weighted by atomic mass is 35.5. The van der Waals surface area contributed by atoms with Crippen molar-refractivity contribution >= 4 is 61.9 Å². The second-order valence-corrected chi connectivity index (χ2v) is 11.1. The Bertz CT molecular complexity index is 1270. The van der Waals surface area contributed by atoms with Crippen LogP contribution in [0.5, 0.6) is 0 Å². The number of rotatable bonds is 2. The largest absolute Gasteiger partial charge is 0.323 e. The third kappa shape index (κ3) is 4.38. The number of hydrogen-bond donors (Lipinski definition) is 2. The minimum Gasteiger partial charge on any atom is -0.323 e. The Morgan fingerprint density at radius 1 is 1.22 bits per heavy atom. The van der Waals surface area contributed by atoms with E-state index in [0.717, 1.165) is 35.6 Å². The van der Waals surface area contributed by atoms with Gasteiger partial charge in [0.2, 0.25) is 0 Å². The highest BCUT2D eigenvalue weighted by Gasteiger charge is 2.32. The number of benzene rings is 2. The maximum Gasteiger partial charge on any atom is 0.258 e. The van der Waals surface area contributed by atoms with Crippen molar-refractivity contribution in [3.05, 3.63) is 63.0 Å². The zero-order chi connectivity index (χ0) is 23.0. The molecule has 1 aromatic heterocycles. The molecular formula is C25H24ClN3OS2. The number of thiocarbonyl (C=S) groups is 1. The van der Waals surface area contributed by atoms with E-state index >= 15 is 0 Å².